The Morgan fingerprint density at radius 1 is 1.20 bits per heavy atom. The van der Waals surface area contributed by atoms with Crippen molar-refractivity contribution >= 4 is 21.7 Å². The number of halogens is 2. The van der Waals surface area contributed by atoms with E-state index in [0.717, 1.165) is 23.7 Å². The van der Waals surface area contributed by atoms with Gasteiger partial charge in [0, 0.05) is 10.5 Å². The molecule has 1 aromatic rings. The molecular weight excluding hydrogens is 321 g/mol. The Hall–Kier alpha value is -0.740. The minimum absolute atomic E-state index is 0.104. The number of hydrogen-bond donors (Lipinski definition) is 1. The van der Waals surface area contributed by atoms with E-state index in [1.807, 2.05) is 0 Å². The number of benzene rings is 1. The molecule has 0 aromatic heterocycles. The standard InChI is InChI=1S/C16H19BrFNO/c17-11-6-7-13(18)12(9-11)16(20)15-8-5-10-3-1-2-4-14(10)19-15/h6-7,9-10,14-15,19H,1-5,8H2. The zero-order valence-corrected chi connectivity index (χ0v) is 13.0. The molecule has 0 bridgehead atoms. The first-order valence-corrected chi connectivity index (χ1v) is 8.20. The van der Waals surface area contributed by atoms with Crippen molar-refractivity contribution in [3.8, 4) is 0 Å². The monoisotopic (exact) mass is 339 g/mol. The van der Waals surface area contributed by atoms with E-state index in [2.05, 4.69) is 21.2 Å². The predicted octanol–water partition coefficient (Wildman–Crippen LogP) is 4.08. The summed E-state index contributed by atoms with van der Waals surface area (Å²) < 4.78 is 14.6. The second-order valence-corrected chi connectivity index (χ2v) is 6.85. The van der Waals surface area contributed by atoms with E-state index in [9.17, 15) is 9.18 Å². The molecule has 3 unspecified atom stereocenters. The Labute approximate surface area is 127 Å². The van der Waals surface area contributed by atoms with Gasteiger partial charge in [0.2, 0.25) is 0 Å². The lowest BCUT2D eigenvalue weighted by molar-refractivity contribution is 0.0857. The van der Waals surface area contributed by atoms with Crippen LogP contribution in [-0.4, -0.2) is 17.9 Å². The van der Waals surface area contributed by atoms with Gasteiger partial charge in [0.05, 0.1) is 11.6 Å². The van der Waals surface area contributed by atoms with Gasteiger partial charge in [-0.25, -0.2) is 4.39 Å². The van der Waals surface area contributed by atoms with Crippen LogP contribution in [0.2, 0.25) is 0 Å². The maximum absolute atomic E-state index is 13.8. The van der Waals surface area contributed by atoms with Gasteiger partial charge in [-0.15, -0.1) is 0 Å². The van der Waals surface area contributed by atoms with Crippen LogP contribution in [0.3, 0.4) is 0 Å². The van der Waals surface area contributed by atoms with Crippen LogP contribution in [-0.2, 0) is 0 Å². The number of Topliss-reactive ketones (excluding diaryl/α,β-unsaturated/α-hetero) is 1. The molecule has 2 nitrogen and oxygen atoms in total. The maximum Gasteiger partial charge on any atom is 0.182 e. The van der Waals surface area contributed by atoms with Gasteiger partial charge in [0.15, 0.2) is 5.78 Å². The highest BCUT2D eigenvalue weighted by molar-refractivity contribution is 9.10. The Balaban J connectivity index is 1.76. The molecule has 3 rings (SSSR count). The maximum atomic E-state index is 13.8. The number of carbonyl (C=O) groups excluding carboxylic acids is 1. The van der Waals surface area contributed by atoms with Crippen molar-refractivity contribution in [2.24, 2.45) is 5.92 Å². The number of nitrogens with one attached hydrogen (secondary N) is 1. The fourth-order valence-corrected chi connectivity index (χ4v) is 3.94. The van der Waals surface area contributed by atoms with Crippen LogP contribution in [0.25, 0.3) is 0 Å². The minimum Gasteiger partial charge on any atom is -0.304 e. The van der Waals surface area contributed by atoms with Crippen molar-refractivity contribution in [3.05, 3.63) is 34.1 Å². The van der Waals surface area contributed by atoms with Crippen molar-refractivity contribution in [2.45, 2.75) is 50.6 Å². The van der Waals surface area contributed by atoms with Gasteiger partial charge < -0.3 is 5.32 Å². The minimum atomic E-state index is -0.425. The third-order valence-corrected chi connectivity index (χ3v) is 5.15. The average molecular weight is 340 g/mol. The molecular formula is C16H19BrFNO. The summed E-state index contributed by atoms with van der Waals surface area (Å²) in [5, 5.41) is 3.47. The zero-order valence-electron chi connectivity index (χ0n) is 11.4. The van der Waals surface area contributed by atoms with Crippen LogP contribution in [0.4, 0.5) is 4.39 Å². The first-order valence-electron chi connectivity index (χ1n) is 7.40. The fourth-order valence-electron chi connectivity index (χ4n) is 3.58. The number of rotatable bonds is 2. The third kappa shape index (κ3) is 2.82. The Morgan fingerprint density at radius 2 is 2.00 bits per heavy atom. The largest absolute Gasteiger partial charge is 0.304 e. The zero-order chi connectivity index (χ0) is 14.1. The van der Waals surface area contributed by atoms with Gasteiger partial charge in [-0.2, -0.15) is 0 Å². The summed E-state index contributed by atoms with van der Waals surface area (Å²) in [5.74, 6) is 0.179. The van der Waals surface area contributed by atoms with E-state index in [1.165, 1.54) is 25.3 Å². The highest BCUT2D eigenvalue weighted by Crippen LogP contribution is 2.33. The van der Waals surface area contributed by atoms with E-state index in [1.54, 1.807) is 12.1 Å². The fraction of sp³-hybridized carbons (Fsp3) is 0.562. The number of piperidine rings is 1. The summed E-state index contributed by atoms with van der Waals surface area (Å²) in [6.07, 6.45) is 6.87. The lowest BCUT2D eigenvalue weighted by atomic mass is 9.77. The average Bonchev–Trinajstić information content (AvgIpc) is 2.48. The van der Waals surface area contributed by atoms with Crippen LogP contribution in [0, 0.1) is 11.7 Å². The van der Waals surface area contributed by atoms with Crippen molar-refractivity contribution < 1.29 is 9.18 Å². The predicted molar refractivity (Wildman–Crippen MR) is 80.3 cm³/mol. The van der Waals surface area contributed by atoms with Crippen molar-refractivity contribution in [1.82, 2.24) is 5.32 Å². The van der Waals surface area contributed by atoms with Crippen LogP contribution in [0.15, 0.2) is 22.7 Å². The van der Waals surface area contributed by atoms with Crippen molar-refractivity contribution in [3.63, 3.8) is 0 Å². The summed E-state index contributed by atoms with van der Waals surface area (Å²) in [4.78, 5) is 12.5. The van der Waals surface area contributed by atoms with E-state index in [-0.39, 0.29) is 17.4 Å². The summed E-state index contributed by atoms with van der Waals surface area (Å²) in [7, 11) is 0. The molecule has 3 atom stereocenters. The van der Waals surface area contributed by atoms with Crippen LogP contribution in [0.1, 0.15) is 48.9 Å². The van der Waals surface area contributed by atoms with Gasteiger partial charge in [-0.1, -0.05) is 28.8 Å². The number of hydrogen-bond acceptors (Lipinski definition) is 2. The molecule has 1 heterocycles. The molecule has 4 heteroatoms. The molecule has 1 saturated carbocycles. The quantitative estimate of drug-likeness (QED) is 0.822. The topological polar surface area (TPSA) is 29.1 Å². The normalized spacial score (nSPS) is 29.8. The van der Waals surface area contributed by atoms with Gasteiger partial charge in [-0.05, 0) is 49.8 Å². The first kappa shape index (κ1) is 14.2. The van der Waals surface area contributed by atoms with Crippen LogP contribution in [0.5, 0.6) is 0 Å². The number of ketones is 1. The summed E-state index contributed by atoms with van der Waals surface area (Å²) in [6.45, 7) is 0. The molecule has 0 spiro atoms. The van der Waals surface area contributed by atoms with E-state index >= 15 is 0 Å². The van der Waals surface area contributed by atoms with Crippen molar-refractivity contribution in [1.29, 1.82) is 0 Å². The SMILES string of the molecule is O=C(c1cc(Br)ccc1F)C1CCC2CCCCC2N1. The molecule has 108 valence electrons. The van der Waals surface area contributed by atoms with Crippen molar-refractivity contribution in [2.75, 3.05) is 0 Å². The molecule has 2 aliphatic rings. The lowest BCUT2D eigenvalue weighted by Crippen LogP contribution is -2.52. The van der Waals surface area contributed by atoms with Gasteiger partial charge in [-0.3, -0.25) is 4.79 Å². The van der Waals surface area contributed by atoms with Crippen LogP contribution >= 0.6 is 15.9 Å². The number of carbonyl (C=O) groups is 1. The summed E-state index contributed by atoms with van der Waals surface area (Å²) in [5.41, 5.74) is 0.200. The van der Waals surface area contributed by atoms with E-state index < -0.39 is 5.82 Å². The second-order valence-electron chi connectivity index (χ2n) is 5.94. The first-order chi connectivity index (χ1) is 9.65. The third-order valence-electron chi connectivity index (χ3n) is 4.66. The molecule has 0 amide bonds. The molecule has 0 radical (unpaired) electrons. The van der Waals surface area contributed by atoms with Crippen LogP contribution < -0.4 is 5.32 Å². The lowest BCUT2D eigenvalue weighted by Gasteiger charge is -2.40. The molecule has 1 aromatic carbocycles. The smallest absolute Gasteiger partial charge is 0.182 e. The number of fused-ring (bicyclic) bond motifs is 1. The molecule has 1 N–H and O–H groups in total. The summed E-state index contributed by atoms with van der Waals surface area (Å²) in [6, 6.07) is 4.78. The Kier molecular flexibility index (Phi) is 4.22. The molecule has 1 aliphatic heterocycles. The molecule has 2 fully saturated rings. The molecule has 20 heavy (non-hydrogen) atoms. The van der Waals surface area contributed by atoms with E-state index in [4.69, 9.17) is 0 Å². The molecule has 1 saturated heterocycles. The Morgan fingerprint density at radius 3 is 2.85 bits per heavy atom. The van der Waals surface area contributed by atoms with E-state index in [0.29, 0.717) is 12.0 Å². The second kappa shape index (κ2) is 5.94. The summed E-state index contributed by atoms with van der Waals surface area (Å²) >= 11 is 3.30. The Bertz CT molecular complexity index is 519. The highest BCUT2D eigenvalue weighted by Gasteiger charge is 2.35. The van der Waals surface area contributed by atoms with Gasteiger partial charge in [0.1, 0.15) is 5.82 Å². The van der Waals surface area contributed by atoms with Gasteiger partial charge >= 0.3 is 0 Å². The molecule has 1 aliphatic carbocycles. The highest BCUT2D eigenvalue weighted by atomic mass is 79.9. The van der Waals surface area contributed by atoms with Gasteiger partial charge in [0.25, 0.3) is 0 Å².